The molecule has 2 aromatic heterocycles. The van der Waals surface area contributed by atoms with Gasteiger partial charge in [0.15, 0.2) is 11.6 Å². The Balaban J connectivity index is 1.48. The van der Waals surface area contributed by atoms with Crippen LogP contribution in [0.1, 0.15) is 10.4 Å². The van der Waals surface area contributed by atoms with Gasteiger partial charge in [-0.15, -0.1) is 5.53 Å². The molecule has 140 valence electrons. The molecule has 2 atom stereocenters. The second-order valence-electron chi connectivity index (χ2n) is 7.04. The average Bonchev–Trinajstić information content (AvgIpc) is 3.43. The Morgan fingerprint density at radius 2 is 2.00 bits per heavy atom. The Hall–Kier alpha value is -2.98. The van der Waals surface area contributed by atoms with Crippen LogP contribution in [0.15, 0.2) is 24.8 Å². The van der Waals surface area contributed by atoms with E-state index >= 15 is 0 Å². The number of hydrogen-bond acceptors (Lipinski definition) is 7. The number of halogens is 1. The van der Waals surface area contributed by atoms with Crippen LogP contribution >= 0.6 is 0 Å². The maximum absolute atomic E-state index is 14.5. The highest BCUT2D eigenvalue weighted by Crippen LogP contribution is 2.31. The highest BCUT2D eigenvalue weighted by atomic mass is 19.1. The monoisotopic (exact) mass is 371 g/mol. The molecule has 0 radical (unpaired) electrons. The summed E-state index contributed by atoms with van der Waals surface area (Å²) in [5.74, 6) is -0.765. The van der Waals surface area contributed by atoms with Gasteiger partial charge in [-0.05, 0) is 11.8 Å². The highest BCUT2D eigenvalue weighted by molar-refractivity contribution is 6.45. The van der Waals surface area contributed by atoms with Gasteiger partial charge in [0, 0.05) is 44.8 Å². The van der Waals surface area contributed by atoms with Gasteiger partial charge >= 0.3 is 0 Å². The lowest BCUT2D eigenvalue weighted by atomic mass is 10.0. The van der Waals surface area contributed by atoms with Crippen molar-refractivity contribution in [1.29, 1.82) is 0 Å². The number of Topliss-reactive ketones (excluding diaryl/α,β-unsaturated/α-hetero) is 1. The zero-order valence-corrected chi connectivity index (χ0v) is 14.3. The van der Waals surface area contributed by atoms with Gasteiger partial charge in [0.1, 0.15) is 0 Å². The number of hydrogen-bond donors (Lipinski definition) is 4. The number of rotatable bonds is 3. The maximum Gasteiger partial charge on any atom is 0.295 e. The lowest BCUT2D eigenvalue weighted by Crippen LogP contribution is -2.37. The van der Waals surface area contributed by atoms with Crippen LogP contribution in [-0.2, 0) is 4.79 Å². The zero-order valence-electron chi connectivity index (χ0n) is 14.3. The summed E-state index contributed by atoms with van der Waals surface area (Å²) in [5.41, 5.74) is 5.96. The Bertz CT molecular complexity index is 960. The number of carbonyl (C=O) groups is 2. The number of carbonyl (C=O) groups excluding carboxylic acids is 2. The van der Waals surface area contributed by atoms with Crippen molar-refractivity contribution in [2.24, 2.45) is 11.8 Å². The van der Waals surface area contributed by atoms with E-state index < -0.39 is 17.5 Å². The summed E-state index contributed by atoms with van der Waals surface area (Å²) in [6.07, 6.45) is 5.75. The first-order chi connectivity index (χ1) is 13.1. The summed E-state index contributed by atoms with van der Waals surface area (Å²) in [6.45, 7) is 2.86. The Kier molecular flexibility index (Phi) is 3.62. The van der Waals surface area contributed by atoms with Crippen molar-refractivity contribution >= 4 is 28.4 Å². The summed E-state index contributed by atoms with van der Waals surface area (Å²) >= 11 is 0. The molecule has 2 unspecified atom stereocenters. The van der Waals surface area contributed by atoms with E-state index in [0.29, 0.717) is 36.3 Å². The van der Waals surface area contributed by atoms with Crippen molar-refractivity contribution in [3.63, 3.8) is 0 Å². The number of amides is 1. The third-order valence-electron chi connectivity index (χ3n) is 5.48. The smallest absolute Gasteiger partial charge is 0.295 e. The number of fused-ring (bicyclic) bond motifs is 2. The molecule has 9 nitrogen and oxygen atoms in total. The molecule has 10 heteroatoms. The topological polar surface area (TPSA) is 105 Å². The summed E-state index contributed by atoms with van der Waals surface area (Å²) in [5, 5.41) is 4.91. The summed E-state index contributed by atoms with van der Waals surface area (Å²) in [6, 6.07) is 0. The van der Waals surface area contributed by atoms with E-state index in [2.05, 4.69) is 26.2 Å². The summed E-state index contributed by atoms with van der Waals surface area (Å²) in [7, 11) is 0. The molecule has 2 saturated heterocycles. The van der Waals surface area contributed by atoms with Crippen LogP contribution in [-0.4, -0.2) is 52.7 Å². The second-order valence-corrected chi connectivity index (χ2v) is 7.04. The third-order valence-corrected chi connectivity index (χ3v) is 5.48. The van der Waals surface area contributed by atoms with Gasteiger partial charge in [0.25, 0.3) is 11.7 Å². The van der Waals surface area contributed by atoms with E-state index in [0.717, 1.165) is 19.3 Å². The summed E-state index contributed by atoms with van der Waals surface area (Å²) in [4.78, 5) is 34.1. The highest BCUT2D eigenvalue weighted by Gasteiger charge is 2.40. The van der Waals surface area contributed by atoms with Crippen molar-refractivity contribution in [1.82, 2.24) is 31.1 Å². The number of anilines is 1. The van der Waals surface area contributed by atoms with Crippen molar-refractivity contribution in [2.45, 2.75) is 0 Å². The molecule has 3 aliphatic heterocycles. The van der Waals surface area contributed by atoms with Gasteiger partial charge < -0.3 is 20.6 Å². The van der Waals surface area contributed by atoms with Gasteiger partial charge in [0.2, 0.25) is 0 Å². The van der Waals surface area contributed by atoms with Gasteiger partial charge in [-0.25, -0.2) is 14.4 Å². The molecule has 27 heavy (non-hydrogen) atoms. The molecule has 0 aromatic carbocycles. The number of ketones is 1. The third kappa shape index (κ3) is 2.48. The minimum absolute atomic E-state index is 0.0301. The van der Waals surface area contributed by atoms with E-state index in [9.17, 15) is 14.0 Å². The van der Waals surface area contributed by atoms with Crippen LogP contribution in [0.3, 0.4) is 0 Å². The normalized spacial score (nSPS) is 23.9. The second kappa shape index (κ2) is 6.03. The van der Waals surface area contributed by atoms with Crippen molar-refractivity contribution in [2.75, 3.05) is 31.2 Å². The first kappa shape index (κ1) is 16.2. The molecule has 2 aromatic rings. The number of aromatic amines is 1. The van der Waals surface area contributed by atoms with Crippen molar-refractivity contribution < 1.29 is 14.0 Å². The molecule has 3 aliphatic rings. The van der Waals surface area contributed by atoms with Crippen LogP contribution in [0.25, 0.3) is 10.9 Å². The first-order valence-corrected chi connectivity index (χ1v) is 8.80. The average molecular weight is 371 g/mol. The van der Waals surface area contributed by atoms with E-state index in [1.807, 2.05) is 0 Å². The molecular formula is C17H18FN7O2. The number of likely N-dealkylation sites (tertiary alicyclic amines) is 1. The standard InChI is InChI=1S/C17H18FN7O2/c18-12-6-21-16(25-2-1-22-23-25)14-13(12)11(5-20-14)15(26)17(27)24-7-9-3-19-4-10(9)8-24/h1-2,5-6,9-10,19-20,22-23H,3-4,7-8H2. The molecule has 0 aliphatic carbocycles. The van der Waals surface area contributed by atoms with Gasteiger partial charge in [-0.2, -0.15) is 0 Å². The number of pyridine rings is 1. The van der Waals surface area contributed by atoms with Crippen LogP contribution in [0.4, 0.5) is 10.2 Å². The van der Waals surface area contributed by atoms with Crippen molar-refractivity contribution in [3.8, 4) is 0 Å². The Morgan fingerprint density at radius 3 is 2.70 bits per heavy atom. The van der Waals surface area contributed by atoms with Gasteiger partial charge in [-0.1, -0.05) is 0 Å². The van der Waals surface area contributed by atoms with Gasteiger partial charge in [0.05, 0.1) is 22.7 Å². The van der Waals surface area contributed by atoms with Crippen LogP contribution in [0.5, 0.6) is 0 Å². The molecule has 1 amide bonds. The zero-order chi connectivity index (χ0) is 18.5. The lowest BCUT2D eigenvalue weighted by Gasteiger charge is -2.17. The summed E-state index contributed by atoms with van der Waals surface area (Å²) < 4.78 is 14.5. The molecule has 0 spiro atoms. The van der Waals surface area contributed by atoms with Crippen LogP contribution in [0, 0.1) is 17.7 Å². The van der Waals surface area contributed by atoms with Crippen molar-refractivity contribution in [3.05, 3.63) is 36.2 Å². The first-order valence-electron chi connectivity index (χ1n) is 8.80. The number of hydrazine groups is 2. The largest absolute Gasteiger partial charge is 0.357 e. The number of nitrogens with one attached hydrogen (secondary N) is 4. The molecular weight excluding hydrogens is 353 g/mol. The van der Waals surface area contributed by atoms with E-state index in [1.165, 1.54) is 6.20 Å². The SMILES string of the molecule is O=C(C(=O)N1CC2CNCC2C1)c1c[nH]c2c(N3C=CNN3)ncc(F)c12. The number of aromatic nitrogens is 2. The molecule has 0 saturated carbocycles. The lowest BCUT2D eigenvalue weighted by molar-refractivity contribution is -0.125. The maximum atomic E-state index is 14.5. The molecule has 5 rings (SSSR count). The quantitative estimate of drug-likeness (QED) is 0.440. The molecule has 0 bridgehead atoms. The van der Waals surface area contributed by atoms with Crippen LogP contribution < -0.4 is 21.3 Å². The number of H-pyrrole nitrogens is 1. The van der Waals surface area contributed by atoms with E-state index in [4.69, 9.17) is 0 Å². The minimum Gasteiger partial charge on any atom is -0.357 e. The fraction of sp³-hybridized carbons (Fsp3) is 0.353. The van der Waals surface area contributed by atoms with E-state index in [1.54, 1.807) is 22.3 Å². The predicted molar refractivity (Wildman–Crippen MR) is 94.7 cm³/mol. The number of nitrogens with zero attached hydrogens (tertiary/aromatic N) is 3. The van der Waals surface area contributed by atoms with E-state index in [-0.39, 0.29) is 10.9 Å². The fourth-order valence-corrected chi connectivity index (χ4v) is 4.12. The molecule has 2 fully saturated rings. The predicted octanol–water partition coefficient (Wildman–Crippen LogP) is -0.137. The minimum atomic E-state index is -0.701. The Labute approximate surface area is 153 Å². The molecule has 4 N–H and O–H groups in total. The van der Waals surface area contributed by atoms with Crippen LogP contribution in [0.2, 0.25) is 0 Å². The molecule has 5 heterocycles. The van der Waals surface area contributed by atoms with Gasteiger partial charge in [-0.3, -0.25) is 9.59 Å². The fourth-order valence-electron chi connectivity index (χ4n) is 4.12. The Morgan fingerprint density at radius 1 is 1.22 bits per heavy atom.